The molecule has 0 aliphatic heterocycles. The van der Waals surface area contributed by atoms with Gasteiger partial charge in [0.2, 0.25) is 0 Å². The predicted octanol–water partition coefficient (Wildman–Crippen LogP) is 14.6. The Kier molecular flexibility index (Phi) is 6.60. The highest BCUT2D eigenvalue weighted by molar-refractivity contribution is 6.15. The van der Waals surface area contributed by atoms with E-state index in [1.807, 2.05) is 18.2 Å². The van der Waals surface area contributed by atoms with Crippen LogP contribution in [0.2, 0.25) is 0 Å². The van der Waals surface area contributed by atoms with E-state index in [1.54, 1.807) is 0 Å². The van der Waals surface area contributed by atoms with Gasteiger partial charge in [-0.15, -0.1) is 0 Å². The number of hydrogen-bond acceptors (Lipinski definition) is 3. The second-order valence-corrected chi connectivity index (χ2v) is 14.9. The molecule has 0 radical (unpaired) electrons. The summed E-state index contributed by atoms with van der Waals surface area (Å²) in [5, 5.41) is 4.46. The van der Waals surface area contributed by atoms with Crippen LogP contribution in [0.5, 0.6) is 0 Å². The summed E-state index contributed by atoms with van der Waals surface area (Å²) in [5.41, 5.74) is 16.4. The second-order valence-electron chi connectivity index (χ2n) is 14.9. The molecule has 1 aliphatic rings. The average molecular weight is 694 g/mol. The van der Waals surface area contributed by atoms with Gasteiger partial charge in [-0.2, -0.15) is 0 Å². The van der Waals surface area contributed by atoms with Crippen molar-refractivity contribution >= 4 is 60.9 Å². The molecule has 10 aromatic rings. The monoisotopic (exact) mass is 693 g/mol. The summed E-state index contributed by atoms with van der Waals surface area (Å²) in [6.07, 6.45) is 0. The van der Waals surface area contributed by atoms with Gasteiger partial charge in [-0.1, -0.05) is 135 Å². The minimum atomic E-state index is -0.154. The first-order valence-corrected chi connectivity index (χ1v) is 18.6. The largest absolute Gasteiger partial charge is 0.456 e. The molecular weight excluding hydrogens is 659 g/mol. The fraction of sp³-hybridized carbons (Fsp3) is 0.0588. The Bertz CT molecular complexity index is 3090. The van der Waals surface area contributed by atoms with Crippen LogP contribution >= 0.6 is 0 Å². The Morgan fingerprint density at radius 2 is 1.00 bits per heavy atom. The van der Waals surface area contributed by atoms with Crippen LogP contribution in [0.3, 0.4) is 0 Å². The van der Waals surface area contributed by atoms with Crippen molar-refractivity contribution in [3.8, 4) is 33.4 Å². The van der Waals surface area contributed by atoms with Crippen molar-refractivity contribution in [1.82, 2.24) is 0 Å². The SMILES string of the molecule is CC1(C)c2ccccc2-c2ccc(N(c3ccc4c(c3)oc3ccccc34)c3cccc(-c4cccc5oc6ccccc6c45)c3-c3ccccc3)cc21. The van der Waals surface area contributed by atoms with Gasteiger partial charge in [-0.3, -0.25) is 0 Å². The Hall–Kier alpha value is -6.84. The Labute approximate surface area is 313 Å². The summed E-state index contributed by atoms with van der Waals surface area (Å²) in [6, 6.07) is 63.0. The molecule has 0 spiro atoms. The fourth-order valence-corrected chi connectivity index (χ4v) is 8.97. The number of fused-ring (bicyclic) bond motifs is 9. The molecule has 0 saturated carbocycles. The van der Waals surface area contributed by atoms with Gasteiger partial charge in [0.15, 0.2) is 0 Å². The second kappa shape index (κ2) is 11.6. The molecule has 0 amide bonds. The average Bonchev–Trinajstić information content (AvgIpc) is 3.86. The summed E-state index contributed by atoms with van der Waals surface area (Å²) in [4.78, 5) is 2.42. The van der Waals surface area contributed by atoms with E-state index in [4.69, 9.17) is 8.83 Å². The first-order chi connectivity index (χ1) is 26.5. The van der Waals surface area contributed by atoms with Gasteiger partial charge in [-0.25, -0.2) is 0 Å². The van der Waals surface area contributed by atoms with Gasteiger partial charge in [0.1, 0.15) is 22.3 Å². The van der Waals surface area contributed by atoms with Crippen LogP contribution in [0.25, 0.3) is 77.3 Å². The van der Waals surface area contributed by atoms with Crippen LogP contribution in [-0.2, 0) is 5.41 Å². The maximum absolute atomic E-state index is 6.52. The van der Waals surface area contributed by atoms with E-state index in [1.165, 1.54) is 22.3 Å². The lowest BCUT2D eigenvalue weighted by Crippen LogP contribution is -2.17. The van der Waals surface area contributed by atoms with Gasteiger partial charge in [0, 0.05) is 50.0 Å². The van der Waals surface area contributed by atoms with E-state index in [9.17, 15) is 0 Å². The highest BCUT2D eigenvalue weighted by atomic mass is 16.3. The molecule has 1 aliphatic carbocycles. The van der Waals surface area contributed by atoms with Gasteiger partial charge in [-0.05, 0) is 87.5 Å². The molecule has 0 fully saturated rings. The molecule has 3 nitrogen and oxygen atoms in total. The van der Waals surface area contributed by atoms with Crippen LogP contribution in [0.4, 0.5) is 17.1 Å². The minimum Gasteiger partial charge on any atom is -0.456 e. The van der Waals surface area contributed by atoms with Crippen LogP contribution in [0.15, 0.2) is 185 Å². The summed E-state index contributed by atoms with van der Waals surface area (Å²) >= 11 is 0. The molecular formula is C51H35NO2. The van der Waals surface area contributed by atoms with E-state index in [-0.39, 0.29) is 5.41 Å². The molecule has 2 heterocycles. The lowest BCUT2D eigenvalue weighted by Gasteiger charge is -2.31. The topological polar surface area (TPSA) is 29.5 Å². The standard InChI is InChI=1S/C51H35NO2/c1-51(2)42-21-9-6-16-35(42)36-28-26-33(30-43(36)51)52(34-27-29-38-37-17-7-10-23-45(37)54-48(38)31-34)44-22-12-19-39(49(44)32-14-4-3-5-15-32)40-20-13-25-47-50(40)41-18-8-11-24-46(41)53-47/h3-31H,1-2H3. The first kappa shape index (κ1) is 30.8. The molecule has 2 aromatic heterocycles. The number of benzene rings is 8. The van der Waals surface area contributed by atoms with E-state index < -0.39 is 0 Å². The smallest absolute Gasteiger partial charge is 0.137 e. The van der Waals surface area contributed by atoms with Crippen LogP contribution < -0.4 is 4.90 Å². The first-order valence-electron chi connectivity index (χ1n) is 18.6. The number of hydrogen-bond donors (Lipinski definition) is 0. The van der Waals surface area contributed by atoms with E-state index in [2.05, 4.69) is 176 Å². The molecule has 0 saturated heterocycles. The Morgan fingerprint density at radius 1 is 0.407 bits per heavy atom. The van der Waals surface area contributed by atoms with Crippen molar-refractivity contribution in [2.24, 2.45) is 0 Å². The maximum atomic E-state index is 6.52. The summed E-state index contributed by atoms with van der Waals surface area (Å²) in [7, 11) is 0. The van der Waals surface area contributed by atoms with Gasteiger partial charge in [0.25, 0.3) is 0 Å². The van der Waals surface area contributed by atoms with Crippen molar-refractivity contribution < 1.29 is 8.83 Å². The minimum absolute atomic E-state index is 0.154. The van der Waals surface area contributed by atoms with Crippen LogP contribution in [-0.4, -0.2) is 0 Å². The number of rotatable bonds is 5. The van der Waals surface area contributed by atoms with E-state index in [0.29, 0.717) is 0 Å². The van der Waals surface area contributed by atoms with Gasteiger partial charge >= 0.3 is 0 Å². The highest BCUT2D eigenvalue weighted by Crippen LogP contribution is 2.53. The molecule has 0 unspecified atom stereocenters. The lowest BCUT2D eigenvalue weighted by molar-refractivity contribution is 0.660. The summed E-state index contributed by atoms with van der Waals surface area (Å²) in [6.45, 7) is 4.69. The molecule has 11 rings (SSSR count). The van der Waals surface area contributed by atoms with E-state index >= 15 is 0 Å². The number of nitrogens with zero attached hydrogens (tertiary/aromatic N) is 1. The van der Waals surface area contributed by atoms with Crippen LogP contribution in [0.1, 0.15) is 25.0 Å². The molecule has 0 N–H and O–H groups in total. The Balaban J connectivity index is 1.21. The molecule has 3 heteroatoms. The van der Waals surface area contributed by atoms with Crippen molar-refractivity contribution in [1.29, 1.82) is 0 Å². The number of para-hydroxylation sites is 2. The fourth-order valence-electron chi connectivity index (χ4n) is 8.97. The molecule has 256 valence electrons. The maximum Gasteiger partial charge on any atom is 0.137 e. The quantitative estimate of drug-likeness (QED) is 0.180. The normalized spacial score (nSPS) is 13.1. The van der Waals surface area contributed by atoms with Crippen molar-refractivity contribution in [2.75, 3.05) is 4.90 Å². The molecule has 8 aromatic carbocycles. The molecule has 0 atom stereocenters. The number of furan rings is 2. The summed E-state index contributed by atoms with van der Waals surface area (Å²) < 4.78 is 12.9. The van der Waals surface area contributed by atoms with Gasteiger partial charge < -0.3 is 13.7 Å². The number of anilines is 3. The summed E-state index contributed by atoms with van der Waals surface area (Å²) in [5.74, 6) is 0. The van der Waals surface area contributed by atoms with Crippen molar-refractivity contribution in [2.45, 2.75) is 19.3 Å². The zero-order chi connectivity index (χ0) is 36.0. The molecule has 54 heavy (non-hydrogen) atoms. The van der Waals surface area contributed by atoms with Gasteiger partial charge in [0.05, 0.1) is 5.69 Å². The predicted molar refractivity (Wildman–Crippen MR) is 224 cm³/mol. The molecule has 0 bridgehead atoms. The third-order valence-corrected chi connectivity index (χ3v) is 11.5. The van der Waals surface area contributed by atoms with Crippen LogP contribution in [0, 0.1) is 0 Å². The Morgan fingerprint density at radius 3 is 1.87 bits per heavy atom. The third-order valence-electron chi connectivity index (χ3n) is 11.5. The lowest BCUT2D eigenvalue weighted by atomic mass is 9.82. The zero-order valence-electron chi connectivity index (χ0n) is 30.0. The highest BCUT2D eigenvalue weighted by Gasteiger charge is 2.36. The zero-order valence-corrected chi connectivity index (χ0v) is 30.0. The third kappa shape index (κ3) is 4.48. The van der Waals surface area contributed by atoms with Crippen molar-refractivity contribution in [3.63, 3.8) is 0 Å². The van der Waals surface area contributed by atoms with Crippen molar-refractivity contribution in [3.05, 3.63) is 187 Å². The van der Waals surface area contributed by atoms with E-state index in [0.717, 1.165) is 83.2 Å².